The maximum Gasteiger partial charge on any atom is 0.244 e. The number of aliphatic hydroxyl groups is 1. The molecule has 1 N–H and O–H groups in total. The molecule has 1 aromatic carbocycles. The van der Waals surface area contributed by atoms with Crippen molar-refractivity contribution in [3.8, 4) is 6.07 Å². The molecule has 0 radical (unpaired) electrons. The van der Waals surface area contributed by atoms with Crippen LogP contribution in [0.4, 0.5) is 0 Å². The number of sulfonamides is 1. The number of benzene rings is 1. The van der Waals surface area contributed by atoms with Gasteiger partial charge >= 0.3 is 0 Å². The standard InChI is InChI=1S/C13H15ClN2O4S/c1-9-6-16(7-12(8-17)20-9)21(18,19)13-4-11(14)3-2-10(13)5-15/h2-4,9,12,17H,6-8H2,1H3. The molecule has 0 amide bonds. The molecule has 1 aromatic rings. The molecule has 1 aliphatic heterocycles. The SMILES string of the molecule is CC1CN(S(=O)(=O)c2cc(Cl)ccc2C#N)CC(CO)O1. The number of morpholine rings is 1. The highest BCUT2D eigenvalue weighted by molar-refractivity contribution is 7.89. The Morgan fingerprint density at radius 2 is 2.24 bits per heavy atom. The summed E-state index contributed by atoms with van der Waals surface area (Å²) in [5.74, 6) is 0. The van der Waals surface area contributed by atoms with Crippen molar-refractivity contribution in [3.63, 3.8) is 0 Å². The summed E-state index contributed by atoms with van der Waals surface area (Å²) in [6.45, 7) is 1.67. The molecule has 21 heavy (non-hydrogen) atoms. The molecule has 0 saturated carbocycles. The topological polar surface area (TPSA) is 90.6 Å². The summed E-state index contributed by atoms with van der Waals surface area (Å²) < 4.78 is 32.1. The number of ether oxygens (including phenoxy) is 1. The molecule has 1 aliphatic rings. The monoisotopic (exact) mass is 330 g/mol. The number of rotatable bonds is 3. The van der Waals surface area contributed by atoms with Gasteiger partial charge in [-0.3, -0.25) is 0 Å². The van der Waals surface area contributed by atoms with Crippen LogP contribution in [0.15, 0.2) is 23.1 Å². The van der Waals surface area contributed by atoms with Crippen molar-refractivity contribution in [1.82, 2.24) is 4.31 Å². The molecule has 0 aromatic heterocycles. The lowest BCUT2D eigenvalue weighted by molar-refractivity contribution is -0.0750. The second-order valence-corrected chi connectivity index (χ2v) is 7.17. The van der Waals surface area contributed by atoms with Gasteiger partial charge in [0, 0.05) is 18.1 Å². The fraction of sp³-hybridized carbons (Fsp3) is 0.462. The van der Waals surface area contributed by atoms with E-state index in [-0.39, 0.29) is 41.3 Å². The third kappa shape index (κ3) is 3.36. The van der Waals surface area contributed by atoms with Crippen LogP contribution in [0.3, 0.4) is 0 Å². The third-order valence-corrected chi connectivity index (χ3v) is 5.28. The van der Waals surface area contributed by atoms with Crippen LogP contribution in [-0.2, 0) is 14.8 Å². The van der Waals surface area contributed by atoms with Crippen LogP contribution in [0.25, 0.3) is 0 Å². The number of hydrogen-bond donors (Lipinski definition) is 1. The molecular weight excluding hydrogens is 316 g/mol. The number of aliphatic hydroxyl groups excluding tert-OH is 1. The van der Waals surface area contributed by atoms with Gasteiger partial charge in [-0.15, -0.1) is 0 Å². The van der Waals surface area contributed by atoms with E-state index >= 15 is 0 Å². The molecule has 1 saturated heterocycles. The highest BCUT2D eigenvalue weighted by Crippen LogP contribution is 2.26. The second-order valence-electron chi connectivity index (χ2n) is 4.83. The Balaban J connectivity index is 2.42. The van der Waals surface area contributed by atoms with Gasteiger partial charge < -0.3 is 9.84 Å². The first-order valence-electron chi connectivity index (χ1n) is 6.34. The third-order valence-electron chi connectivity index (χ3n) is 3.18. The largest absolute Gasteiger partial charge is 0.394 e. The zero-order chi connectivity index (χ0) is 15.6. The van der Waals surface area contributed by atoms with Crippen molar-refractivity contribution in [2.45, 2.75) is 24.0 Å². The van der Waals surface area contributed by atoms with Crippen molar-refractivity contribution in [3.05, 3.63) is 28.8 Å². The Hall–Kier alpha value is -1.17. The minimum Gasteiger partial charge on any atom is -0.394 e. The van der Waals surface area contributed by atoms with Crippen molar-refractivity contribution < 1.29 is 18.3 Å². The van der Waals surface area contributed by atoms with E-state index in [1.807, 2.05) is 6.07 Å². The van der Waals surface area contributed by atoms with E-state index in [9.17, 15) is 13.5 Å². The average Bonchev–Trinajstić information content (AvgIpc) is 2.46. The summed E-state index contributed by atoms with van der Waals surface area (Å²) in [7, 11) is -3.87. The van der Waals surface area contributed by atoms with Gasteiger partial charge in [0.05, 0.1) is 24.4 Å². The van der Waals surface area contributed by atoms with Gasteiger partial charge in [-0.1, -0.05) is 11.6 Å². The summed E-state index contributed by atoms with van der Waals surface area (Å²) in [6, 6.07) is 5.97. The average molecular weight is 331 g/mol. The summed E-state index contributed by atoms with van der Waals surface area (Å²) in [5.41, 5.74) is 0.0408. The van der Waals surface area contributed by atoms with Crippen LogP contribution in [0.5, 0.6) is 0 Å². The zero-order valence-electron chi connectivity index (χ0n) is 11.4. The Labute approximate surface area is 128 Å². The molecule has 2 atom stereocenters. The van der Waals surface area contributed by atoms with E-state index in [0.29, 0.717) is 0 Å². The number of nitriles is 1. The number of halogens is 1. The van der Waals surface area contributed by atoms with Gasteiger partial charge in [0.15, 0.2) is 0 Å². The molecule has 2 rings (SSSR count). The molecule has 0 spiro atoms. The van der Waals surface area contributed by atoms with Crippen LogP contribution < -0.4 is 0 Å². The lowest BCUT2D eigenvalue weighted by Gasteiger charge is -2.35. The minimum atomic E-state index is -3.87. The van der Waals surface area contributed by atoms with Gasteiger partial charge in [-0.05, 0) is 25.1 Å². The summed E-state index contributed by atoms with van der Waals surface area (Å²) in [6.07, 6.45) is -0.913. The lowest BCUT2D eigenvalue weighted by atomic mass is 10.2. The summed E-state index contributed by atoms with van der Waals surface area (Å²) >= 11 is 5.85. The van der Waals surface area contributed by atoms with Crippen molar-refractivity contribution in [1.29, 1.82) is 5.26 Å². The molecule has 114 valence electrons. The molecule has 1 heterocycles. The van der Waals surface area contributed by atoms with Crippen molar-refractivity contribution in [2.75, 3.05) is 19.7 Å². The molecule has 8 heteroatoms. The van der Waals surface area contributed by atoms with Gasteiger partial charge in [-0.25, -0.2) is 8.42 Å². The maximum atomic E-state index is 12.7. The Kier molecular flexibility index (Phi) is 4.86. The fourth-order valence-corrected chi connectivity index (χ4v) is 4.19. The smallest absolute Gasteiger partial charge is 0.244 e. The predicted octanol–water partition coefficient (Wildman–Crippen LogP) is 0.982. The molecule has 6 nitrogen and oxygen atoms in total. The highest BCUT2D eigenvalue weighted by Gasteiger charge is 2.34. The first-order chi connectivity index (χ1) is 9.88. The van der Waals surface area contributed by atoms with Gasteiger partial charge in [0.1, 0.15) is 11.0 Å². The first kappa shape index (κ1) is 16.2. The lowest BCUT2D eigenvalue weighted by Crippen LogP contribution is -2.50. The normalized spacial score (nSPS) is 23.7. The molecular formula is C13H15ClN2O4S. The van der Waals surface area contributed by atoms with E-state index in [1.165, 1.54) is 22.5 Å². The quantitative estimate of drug-likeness (QED) is 0.892. The zero-order valence-corrected chi connectivity index (χ0v) is 12.9. The summed E-state index contributed by atoms with van der Waals surface area (Å²) in [4.78, 5) is -0.122. The van der Waals surface area contributed by atoms with E-state index in [0.717, 1.165) is 0 Å². The molecule has 0 bridgehead atoms. The first-order valence-corrected chi connectivity index (χ1v) is 8.16. The highest BCUT2D eigenvalue weighted by atomic mass is 35.5. The van der Waals surface area contributed by atoms with Crippen molar-refractivity contribution in [2.24, 2.45) is 0 Å². The van der Waals surface area contributed by atoms with E-state index in [4.69, 9.17) is 21.6 Å². The van der Waals surface area contributed by atoms with Crippen LogP contribution in [0, 0.1) is 11.3 Å². The van der Waals surface area contributed by atoms with Gasteiger partial charge in [-0.2, -0.15) is 9.57 Å². The number of hydrogen-bond acceptors (Lipinski definition) is 5. The molecule has 1 fully saturated rings. The molecule has 0 aliphatic carbocycles. The van der Waals surface area contributed by atoms with Gasteiger partial charge in [0.25, 0.3) is 0 Å². The van der Waals surface area contributed by atoms with Crippen molar-refractivity contribution >= 4 is 21.6 Å². The van der Waals surface area contributed by atoms with Gasteiger partial charge in [0.2, 0.25) is 10.0 Å². The van der Waals surface area contributed by atoms with Crippen LogP contribution in [0.2, 0.25) is 5.02 Å². The Bertz CT molecular complexity index is 671. The van der Waals surface area contributed by atoms with Crippen LogP contribution in [-0.4, -0.2) is 49.7 Å². The van der Waals surface area contributed by atoms with E-state index in [2.05, 4.69) is 0 Å². The number of nitrogens with zero attached hydrogens (tertiary/aromatic N) is 2. The minimum absolute atomic E-state index is 0.0408. The second kappa shape index (κ2) is 6.30. The maximum absolute atomic E-state index is 12.7. The van der Waals surface area contributed by atoms with Crippen LogP contribution in [0.1, 0.15) is 12.5 Å². The fourth-order valence-electron chi connectivity index (χ4n) is 2.24. The van der Waals surface area contributed by atoms with E-state index < -0.39 is 16.1 Å². The predicted molar refractivity (Wildman–Crippen MR) is 76.3 cm³/mol. The molecule has 2 unspecified atom stereocenters. The summed E-state index contributed by atoms with van der Waals surface area (Å²) in [5, 5.41) is 18.5. The Morgan fingerprint density at radius 3 is 2.86 bits per heavy atom. The van der Waals surface area contributed by atoms with E-state index in [1.54, 1.807) is 6.92 Å². The Morgan fingerprint density at radius 1 is 1.52 bits per heavy atom. The van der Waals surface area contributed by atoms with Crippen LogP contribution >= 0.6 is 11.6 Å².